The minimum absolute atomic E-state index is 0.817. The van der Waals surface area contributed by atoms with Gasteiger partial charge in [-0.1, -0.05) is 6.07 Å². The van der Waals surface area contributed by atoms with Gasteiger partial charge in [-0.3, -0.25) is 0 Å². The molecule has 2 aromatic rings. The van der Waals surface area contributed by atoms with Crippen molar-refractivity contribution in [1.29, 1.82) is 0 Å². The van der Waals surface area contributed by atoms with Crippen molar-refractivity contribution in [3.05, 3.63) is 44.2 Å². The number of thiophene rings is 1. The Labute approximate surface area is 113 Å². The minimum atomic E-state index is 0.817. The topological polar surface area (TPSA) is 29.3 Å². The maximum atomic E-state index is 5.74. The molecule has 1 heterocycles. The summed E-state index contributed by atoms with van der Waals surface area (Å²) in [6.07, 6.45) is 0. The lowest BCUT2D eigenvalue weighted by Gasteiger charge is -2.20. The highest BCUT2D eigenvalue weighted by Crippen LogP contribution is 2.25. The van der Waals surface area contributed by atoms with E-state index in [1.165, 1.54) is 14.1 Å². The van der Waals surface area contributed by atoms with Gasteiger partial charge >= 0.3 is 0 Å². The second-order valence-electron chi connectivity index (χ2n) is 3.65. The highest BCUT2D eigenvalue weighted by molar-refractivity contribution is 14.1. The Morgan fingerprint density at radius 1 is 1.38 bits per heavy atom. The number of nitrogens with two attached hydrogens (primary N) is 1. The molecule has 0 saturated heterocycles. The van der Waals surface area contributed by atoms with Crippen molar-refractivity contribution in [3.8, 4) is 0 Å². The lowest BCUT2D eigenvalue weighted by atomic mass is 10.2. The molecule has 0 aliphatic rings. The fourth-order valence-electron chi connectivity index (χ4n) is 1.55. The van der Waals surface area contributed by atoms with Gasteiger partial charge in [0.1, 0.15) is 0 Å². The van der Waals surface area contributed by atoms with E-state index in [9.17, 15) is 0 Å². The van der Waals surface area contributed by atoms with Crippen LogP contribution >= 0.6 is 33.9 Å². The zero-order valence-corrected chi connectivity index (χ0v) is 12.0. The molecule has 2 N–H and O–H groups in total. The number of hydrogen-bond acceptors (Lipinski definition) is 3. The fraction of sp³-hybridized carbons (Fsp3) is 0.167. The van der Waals surface area contributed by atoms with Gasteiger partial charge in [0.15, 0.2) is 0 Å². The molecule has 1 aromatic heterocycles. The molecule has 0 fully saturated rings. The molecule has 0 radical (unpaired) electrons. The molecule has 4 heteroatoms. The zero-order chi connectivity index (χ0) is 11.5. The summed E-state index contributed by atoms with van der Waals surface area (Å²) in [6, 6.07) is 10.3. The Kier molecular flexibility index (Phi) is 3.70. The lowest BCUT2D eigenvalue weighted by molar-refractivity contribution is 0.937. The SMILES string of the molecule is CN(Cc1cccs1)c1ccc(N)cc1I. The van der Waals surface area contributed by atoms with E-state index in [0.717, 1.165) is 12.2 Å². The van der Waals surface area contributed by atoms with Crippen molar-refractivity contribution in [2.45, 2.75) is 6.54 Å². The lowest BCUT2D eigenvalue weighted by Crippen LogP contribution is -2.16. The minimum Gasteiger partial charge on any atom is -0.399 e. The van der Waals surface area contributed by atoms with Crippen LogP contribution in [0.15, 0.2) is 35.7 Å². The van der Waals surface area contributed by atoms with E-state index in [1.54, 1.807) is 11.3 Å². The summed E-state index contributed by atoms with van der Waals surface area (Å²) >= 11 is 4.11. The van der Waals surface area contributed by atoms with Crippen LogP contribution in [-0.2, 0) is 6.54 Å². The van der Waals surface area contributed by atoms with Crippen molar-refractivity contribution < 1.29 is 0 Å². The zero-order valence-electron chi connectivity index (χ0n) is 8.98. The highest BCUT2D eigenvalue weighted by atomic mass is 127. The Morgan fingerprint density at radius 2 is 2.19 bits per heavy atom. The van der Waals surface area contributed by atoms with Crippen LogP contribution in [-0.4, -0.2) is 7.05 Å². The van der Waals surface area contributed by atoms with Crippen LogP contribution in [0.3, 0.4) is 0 Å². The monoisotopic (exact) mass is 344 g/mol. The second kappa shape index (κ2) is 5.05. The third-order valence-corrected chi connectivity index (χ3v) is 4.08. The third kappa shape index (κ3) is 2.68. The summed E-state index contributed by atoms with van der Waals surface area (Å²) in [6.45, 7) is 0.942. The first-order valence-corrected chi connectivity index (χ1v) is 6.91. The standard InChI is InChI=1S/C12H13IN2S/c1-15(8-10-3-2-6-16-10)12-5-4-9(14)7-11(12)13/h2-7H,8,14H2,1H3. The molecule has 0 spiro atoms. The van der Waals surface area contributed by atoms with E-state index < -0.39 is 0 Å². The number of hydrogen-bond donors (Lipinski definition) is 1. The van der Waals surface area contributed by atoms with Gasteiger partial charge in [0.05, 0.1) is 12.2 Å². The normalized spacial score (nSPS) is 10.4. The largest absolute Gasteiger partial charge is 0.399 e. The van der Waals surface area contributed by atoms with Crippen LogP contribution in [0.2, 0.25) is 0 Å². The smallest absolute Gasteiger partial charge is 0.0519 e. The average molecular weight is 344 g/mol. The van der Waals surface area contributed by atoms with Crippen molar-refractivity contribution in [2.24, 2.45) is 0 Å². The van der Waals surface area contributed by atoms with Gasteiger partial charge in [-0.25, -0.2) is 0 Å². The average Bonchev–Trinajstić information content (AvgIpc) is 2.70. The van der Waals surface area contributed by atoms with Crippen LogP contribution < -0.4 is 10.6 Å². The molecule has 2 rings (SSSR count). The number of nitrogen functional groups attached to an aromatic ring is 1. The van der Waals surface area contributed by atoms with Gasteiger partial charge in [-0.2, -0.15) is 0 Å². The third-order valence-electron chi connectivity index (χ3n) is 2.36. The summed E-state index contributed by atoms with van der Waals surface area (Å²) in [7, 11) is 2.10. The number of rotatable bonds is 3. The maximum Gasteiger partial charge on any atom is 0.0519 e. The molecular formula is C12H13IN2S. The van der Waals surface area contributed by atoms with E-state index in [4.69, 9.17) is 5.73 Å². The molecule has 1 aromatic carbocycles. The van der Waals surface area contributed by atoms with Crippen molar-refractivity contribution in [3.63, 3.8) is 0 Å². The Hall–Kier alpha value is -0.750. The molecule has 0 unspecified atom stereocenters. The number of halogens is 1. The maximum absolute atomic E-state index is 5.74. The number of anilines is 2. The molecule has 0 bridgehead atoms. The summed E-state index contributed by atoms with van der Waals surface area (Å²) < 4.78 is 1.19. The molecule has 84 valence electrons. The Bertz CT molecular complexity index is 468. The summed E-state index contributed by atoms with van der Waals surface area (Å²) in [5.41, 5.74) is 7.78. The second-order valence-corrected chi connectivity index (χ2v) is 5.84. The fourth-order valence-corrected chi connectivity index (χ4v) is 3.26. The predicted molar refractivity (Wildman–Crippen MR) is 80.0 cm³/mol. The van der Waals surface area contributed by atoms with E-state index in [-0.39, 0.29) is 0 Å². The first-order valence-electron chi connectivity index (χ1n) is 4.95. The van der Waals surface area contributed by atoms with Crippen LogP contribution in [0.5, 0.6) is 0 Å². The van der Waals surface area contributed by atoms with Gasteiger partial charge in [0, 0.05) is 21.2 Å². The number of benzene rings is 1. The molecular weight excluding hydrogens is 331 g/mol. The summed E-state index contributed by atoms with van der Waals surface area (Å²) in [4.78, 5) is 3.61. The van der Waals surface area contributed by atoms with Gasteiger partial charge in [-0.15, -0.1) is 11.3 Å². The molecule has 0 aliphatic carbocycles. The molecule has 0 amide bonds. The first kappa shape index (κ1) is 11.7. The molecule has 0 aliphatic heterocycles. The predicted octanol–water partition coefficient (Wildman–Crippen LogP) is 3.57. The van der Waals surface area contributed by atoms with Gasteiger partial charge < -0.3 is 10.6 Å². The summed E-state index contributed by atoms with van der Waals surface area (Å²) in [5.74, 6) is 0. The molecule has 0 atom stereocenters. The van der Waals surface area contributed by atoms with Crippen molar-refractivity contribution in [1.82, 2.24) is 0 Å². The summed E-state index contributed by atoms with van der Waals surface area (Å²) in [5, 5.41) is 2.11. The van der Waals surface area contributed by atoms with E-state index in [0.29, 0.717) is 0 Å². The van der Waals surface area contributed by atoms with E-state index >= 15 is 0 Å². The molecule has 2 nitrogen and oxygen atoms in total. The van der Waals surface area contributed by atoms with Crippen LogP contribution in [0.1, 0.15) is 4.88 Å². The quantitative estimate of drug-likeness (QED) is 0.681. The van der Waals surface area contributed by atoms with Gasteiger partial charge in [0.25, 0.3) is 0 Å². The van der Waals surface area contributed by atoms with Crippen LogP contribution in [0.4, 0.5) is 11.4 Å². The first-order chi connectivity index (χ1) is 7.66. The number of nitrogens with zero attached hydrogens (tertiary/aromatic N) is 1. The highest BCUT2D eigenvalue weighted by Gasteiger charge is 2.06. The van der Waals surface area contributed by atoms with Crippen LogP contribution in [0, 0.1) is 3.57 Å². The van der Waals surface area contributed by atoms with E-state index in [1.807, 2.05) is 12.1 Å². The molecule has 16 heavy (non-hydrogen) atoms. The van der Waals surface area contributed by atoms with Crippen molar-refractivity contribution >= 4 is 45.3 Å². The Morgan fingerprint density at radius 3 is 2.81 bits per heavy atom. The van der Waals surface area contributed by atoms with Gasteiger partial charge in [0.2, 0.25) is 0 Å². The van der Waals surface area contributed by atoms with Crippen molar-refractivity contribution in [2.75, 3.05) is 17.7 Å². The van der Waals surface area contributed by atoms with Crippen LogP contribution in [0.25, 0.3) is 0 Å². The van der Waals surface area contributed by atoms with E-state index in [2.05, 4.69) is 58.1 Å². The molecule has 0 saturated carbocycles. The Balaban J connectivity index is 2.17. The van der Waals surface area contributed by atoms with Gasteiger partial charge in [-0.05, 0) is 52.2 Å².